The Kier molecular flexibility index (Phi) is 4.84. The maximum Gasteiger partial charge on any atom is 0.322 e. The summed E-state index contributed by atoms with van der Waals surface area (Å²) >= 11 is 0. The number of carbonyl (C=O) groups is 3. The fourth-order valence-electron chi connectivity index (χ4n) is 3.39. The van der Waals surface area contributed by atoms with Gasteiger partial charge in [0, 0.05) is 38.3 Å². The van der Waals surface area contributed by atoms with Crippen molar-refractivity contribution < 1.29 is 18.8 Å². The number of halogens is 1. The first-order valence-electron chi connectivity index (χ1n) is 8.71. The molecule has 2 heterocycles. The van der Waals surface area contributed by atoms with Gasteiger partial charge in [-0.2, -0.15) is 0 Å². The van der Waals surface area contributed by atoms with Crippen LogP contribution >= 0.6 is 0 Å². The number of aryl methyl sites for hydroxylation is 1. The third-order valence-corrected chi connectivity index (χ3v) is 5.10. The average Bonchev–Trinajstić information content (AvgIpc) is 2.87. The second kappa shape index (κ2) is 6.93. The molecule has 1 unspecified atom stereocenters. The first kappa shape index (κ1) is 18.2. The minimum atomic E-state index is -1.03. The normalized spacial score (nSPS) is 23.0. The van der Waals surface area contributed by atoms with Crippen molar-refractivity contribution >= 4 is 23.5 Å². The van der Waals surface area contributed by atoms with Gasteiger partial charge in [0.1, 0.15) is 11.4 Å². The van der Waals surface area contributed by atoms with Crippen molar-refractivity contribution in [1.82, 2.24) is 15.5 Å². The van der Waals surface area contributed by atoms with Gasteiger partial charge in [-0.15, -0.1) is 0 Å². The van der Waals surface area contributed by atoms with Gasteiger partial charge in [-0.1, -0.05) is 6.07 Å². The summed E-state index contributed by atoms with van der Waals surface area (Å²) in [4.78, 5) is 39.3. The molecule has 0 saturated carbocycles. The standard InChI is InChI=1S/C18H23FN4O3/c1-12-3-4-13(19)11-14(12)22-7-9-23(10-8-22)15(24)5-6-18(2)16(25)20-17(26)21-18/h3-4,11H,5-10H2,1-2H3,(H2,20,21,25,26). The van der Waals surface area contributed by atoms with E-state index in [1.54, 1.807) is 17.9 Å². The lowest BCUT2D eigenvalue weighted by molar-refractivity contribution is -0.132. The summed E-state index contributed by atoms with van der Waals surface area (Å²) in [5.74, 6) is -0.716. The smallest absolute Gasteiger partial charge is 0.322 e. The van der Waals surface area contributed by atoms with E-state index in [-0.39, 0.29) is 24.6 Å². The van der Waals surface area contributed by atoms with Gasteiger partial charge in [0.25, 0.3) is 5.91 Å². The van der Waals surface area contributed by atoms with Gasteiger partial charge in [-0.3, -0.25) is 14.9 Å². The van der Waals surface area contributed by atoms with Crippen molar-refractivity contribution in [3.05, 3.63) is 29.6 Å². The molecule has 2 aliphatic heterocycles. The highest BCUT2D eigenvalue weighted by molar-refractivity contribution is 6.06. The molecular formula is C18H23FN4O3. The number of nitrogens with zero attached hydrogens (tertiary/aromatic N) is 2. The monoisotopic (exact) mass is 362 g/mol. The Bertz CT molecular complexity index is 746. The Balaban J connectivity index is 1.53. The molecule has 0 aliphatic carbocycles. The summed E-state index contributed by atoms with van der Waals surface area (Å²) in [5.41, 5.74) is 0.824. The minimum Gasteiger partial charge on any atom is -0.368 e. The van der Waals surface area contributed by atoms with Crippen molar-refractivity contribution in [3.8, 4) is 0 Å². The molecule has 2 N–H and O–H groups in total. The Morgan fingerprint density at radius 1 is 1.23 bits per heavy atom. The van der Waals surface area contributed by atoms with Crippen molar-refractivity contribution in [2.75, 3.05) is 31.1 Å². The van der Waals surface area contributed by atoms with Crippen LogP contribution in [0.3, 0.4) is 0 Å². The Labute approximate surface area is 151 Å². The van der Waals surface area contributed by atoms with Crippen LogP contribution in [-0.2, 0) is 9.59 Å². The van der Waals surface area contributed by atoms with Gasteiger partial charge in [-0.25, -0.2) is 9.18 Å². The maximum atomic E-state index is 13.5. The van der Waals surface area contributed by atoms with Crippen molar-refractivity contribution in [2.45, 2.75) is 32.2 Å². The molecule has 1 aromatic rings. The number of rotatable bonds is 4. The van der Waals surface area contributed by atoms with Gasteiger partial charge in [0.05, 0.1) is 0 Å². The molecule has 7 nitrogen and oxygen atoms in total. The molecule has 0 spiro atoms. The van der Waals surface area contributed by atoms with E-state index in [9.17, 15) is 18.8 Å². The number of anilines is 1. The predicted octanol–water partition coefficient (Wildman–Crippen LogP) is 1.16. The van der Waals surface area contributed by atoms with E-state index in [2.05, 4.69) is 15.5 Å². The van der Waals surface area contributed by atoms with Crippen LogP contribution in [0.15, 0.2) is 18.2 Å². The molecule has 8 heteroatoms. The number of hydrogen-bond acceptors (Lipinski definition) is 4. The fraction of sp³-hybridized carbons (Fsp3) is 0.500. The van der Waals surface area contributed by atoms with Gasteiger partial charge in [0.15, 0.2) is 0 Å². The number of benzene rings is 1. The maximum absolute atomic E-state index is 13.5. The summed E-state index contributed by atoms with van der Waals surface area (Å²) in [6.45, 7) is 5.91. The number of piperazine rings is 1. The molecule has 2 saturated heterocycles. The number of carbonyl (C=O) groups excluding carboxylic acids is 3. The molecule has 26 heavy (non-hydrogen) atoms. The van der Waals surface area contributed by atoms with Crippen LogP contribution in [0.1, 0.15) is 25.3 Å². The third kappa shape index (κ3) is 3.63. The molecule has 3 rings (SSSR count). The molecule has 0 aromatic heterocycles. The van der Waals surface area contributed by atoms with Crippen LogP contribution in [0.5, 0.6) is 0 Å². The van der Waals surface area contributed by atoms with E-state index in [1.165, 1.54) is 12.1 Å². The van der Waals surface area contributed by atoms with Crippen molar-refractivity contribution in [3.63, 3.8) is 0 Å². The van der Waals surface area contributed by atoms with E-state index in [0.29, 0.717) is 26.2 Å². The molecule has 0 bridgehead atoms. The molecule has 0 radical (unpaired) electrons. The van der Waals surface area contributed by atoms with E-state index in [0.717, 1.165) is 11.3 Å². The third-order valence-electron chi connectivity index (χ3n) is 5.10. The van der Waals surface area contributed by atoms with E-state index >= 15 is 0 Å². The van der Waals surface area contributed by atoms with Crippen LogP contribution in [-0.4, -0.2) is 54.5 Å². The molecule has 2 fully saturated rings. The summed E-state index contributed by atoms with van der Waals surface area (Å²) in [6, 6.07) is 4.19. The van der Waals surface area contributed by atoms with Gasteiger partial charge in [-0.05, 0) is 38.0 Å². The SMILES string of the molecule is Cc1ccc(F)cc1N1CCN(C(=O)CCC2(C)NC(=O)NC2=O)CC1. The Morgan fingerprint density at radius 3 is 2.54 bits per heavy atom. The van der Waals surface area contributed by atoms with Crippen LogP contribution in [0, 0.1) is 12.7 Å². The van der Waals surface area contributed by atoms with Crippen LogP contribution in [0.25, 0.3) is 0 Å². The highest BCUT2D eigenvalue weighted by Crippen LogP contribution is 2.23. The number of urea groups is 1. The number of nitrogens with one attached hydrogen (secondary N) is 2. The highest BCUT2D eigenvalue weighted by Gasteiger charge is 2.42. The number of hydrogen-bond donors (Lipinski definition) is 2. The quantitative estimate of drug-likeness (QED) is 0.788. The minimum absolute atomic E-state index is 0.0456. The Hall–Kier alpha value is -2.64. The summed E-state index contributed by atoms with van der Waals surface area (Å²) < 4.78 is 13.5. The Morgan fingerprint density at radius 2 is 1.92 bits per heavy atom. The zero-order valence-electron chi connectivity index (χ0n) is 15.0. The lowest BCUT2D eigenvalue weighted by atomic mass is 9.96. The molecular weight excluding hydrogens is 339 g/mol. The van der Waals surface area contributed by atoms with Gasteiger partial charge >= 0.3 is 6.03 Å². The van der Waals surface area contributed by atoms with E-state index < -0.39 is 17.5 Å². The fourth-order valence-corrected chi connectivity index (χ4v) is 3.39. The van der Waals surface area contributed by atoms with E-state index in [4.69, 9.17) is 0 Å². The van der Waals surface area contributed by atoms with Crippen LogP contribution in [0.2, 0.25) is 0 Å². The van der Waals surface area contributed by atoms with Gasteiger partial charge < -0.3 is 15.1 Å². The lowest BCUT2D eigenvalue weighted by Crippen LogP contribution is -2.50. The first-order valence-corrected chi connectivity index (χ1v) is 8.71. The predicted molar refractivity (Wildman–Crippen MR) is 94.2 cm³/mol. The molecule has 4 amide bonds. The number of amides is 4. The molecule has 140 valence electrons. The average molecular weight is 362 g/mol. The number of imide groups is 1. The second-order valence-electron chi connectivity index (χ2n) is 7.04. The lowest BCUT2D eigenvalue weighted by Gasteiger charge is -2.37. The zero-order valence-corrected chi connectivity index (χ0v) is 15.0. The summed E-state index contributed by atoms with van der Waals surface area (Å²) in [6.07, 6.45) is 0.440. The summed E-state index contributed by atoms with van der Waals surface area (Å²) in [5, 5.41) is 4.76. The molecule has 1 aromatic carbocycles. The first-order chi connectivity index (χ1) is 12.3. The van der Waals surface area contributed by atoms with E-state index in [1.807, 2.05) is 6.92 Å². The summed E-state index contributed by atoms with van der Waals surface area (Å²) in [7, 11) is 0. The highest BCUT2D eigenvalue weighted by atomic mass is 19.1. The van der Waals surface area contributed by atoms with Crippen LogP contribution in [0.4, 0.5) is 14.9 Å². The zero-order chi connectivity index (χ0) is 18.9. The second-order valence-corrected chi connectivity index (χ2v) is 7.04. The topological polar surface area (TPSA) is 81.8 Å². The molecule has 2 aliphatic rings. The van der Waals surface area contributed by atoms with Crippen LogP contribution < -0.4 is 15.5 Å². The van der Waals surface area contributed by atoms with Crippen molar-refractivity contribution in [1.29, 1.82) is 0 Å². The van der Waals surface area contributed by atoms with Crippen molar-refractivity contribution in [2.24, 2.45) is 0 Å². The molecule has 1 atom stereocenters. The van der Waals surface area contributed by atoms with Gasteiger partial charge in [0.2, 0.25) is 5.91 Å². The largest absolute Gasteiger partial charge is 0.368 e.